The number of hydrogen-bond donors (Lipinski definition) is 1. The molecule has 0 spiro atoms. The third-order valence-corrected chi connectivity index (χ3v) is 3.92. The number of nitrogens with one attached hydrogen (secondary N) is 1. The molecule has 22 heavy (non-hydrogen) atoms. The molecule has 5 nitrogen and oxygen atoms in total. The van der Waals surface area contributed by atoms with E-state index in [-0.39, 0.29) is 11.8 Å². The van der Waals surface area contributed by atoms with Crippen LogP contribution in [0.5, 0.6) is 0 Å². The molecule has 2 rings (SSSR count). The maximum absolute atomic E-state index is 12.1. The van der Waals surface area contributed by atoms with Gasteiger partial charge in [0.2, 0.25) is 5.91 Å². The molecule has 2 aromatic rings. The number of nitrogens with zero attached hydrogens (tertiary/aromatic N) is 3. The van der Waals surface area contributed by atoms with Crippen LogP contribution in [0.1, 0.15) is 43.1 Å². The Kier molecular flexibility index (Phi) is 5.69. The third-order valence-electron chi connectivity index (χ3n) is 3.92. The summed E-state index contributed by atoms with van der Waals surface area (Å²) in [4.78, 5) is 12.1. The zero-order valence-corrected chi connectivity index (χ0v) is 13.5. The van der Waals surface area contributed by atoms with Gasteiger partial charge < -0.3 is 9.88 Å². The normalized spacial score (nSPS) is 12.1. The van der Waals surface area contributed by atoms with Crippen LogP contribution < -0.4 is 5.32 Å². The third kappa shape index (κ3) is 4.16. The summed E-state index contributed by atoms with van der Waals surface area (Å²) in [5.74, 6) is 1.22. The lowest BCUT2D eigenvalue weighted by Gasteiger charge is -2.14. The fraction of sp³-hybridized carbons (Fsp3) is 0.471. The molecule has 0 saturated carbocycles. The van der Waals surface area contributed by atoms with Gasteiger partial charge in [-0.25, -0.2) is 0 Å². The molecule has 0 aliphatic heterocycles. The number of carbonyl (C=O) groups excluding carboxylic acids is 1. The average molecular weight is 300 g/mol. The largest absolute Gasteiger partial charge is 0.356 e. The lowest BCUT2D eigenvalue weighted by atomic mass is 9.93. The highest BCUT2D eigenvalue weighted by Gasteiger charge is 2.13. The van der Waals surface area contributed by atoms with Crippen LogP contribution in [0.2, 0.25) is 0 Å². The van der Waals surface area contributed by atoms with Crippen LogP contribution in [0.3, 0.4) is 0 Å². The van der Waals surface area contributed by atoms with Crippen molar-refractivity contribution in [1.29, 1.82) is 0 Å². The fourth-order valence-electron chi connectivity index (χ4n) is 2.65. The van der Waals surface area contributed by atoms with E-state index in [4.69, 9.17) is 0 Å². The van der Waals surface area contributed by atoms with Crippen molar-refractivity contribution in [2.75, 3.05) is 6.54 Å². The minimum Gasteiger partial charge on any atom is -0.356 e. The van der Waals surface area contributed by atoms with Gasteiger partial charge in [-0.1, -0.05) is 31.2 Å². The summed E-state index contributed by atoms with van der Waals surface area (Å²) in [5, 5.41) is 10.9. The molecular formula is C17H24N4O. The van der Waals surface area contributed by atoms with Crippen molar-refractivity contribution in [2.24, 2.45) is 0 Å². The van der Waals surface area contributed by atoms with E-state index in [2.05, 4.69) is 48.4 Å². The van der Waals surface area contributed by atoms with Gasteiger partial charge in [-0.2, -0.15) is 0 Å². The molecule has 0 bridgehead atoms. The second-order valence-electron chi connectivity index (χ2n) is 5.59. The molecule has 1 amide bonds. The number of amides is 1. The summed E-state index contributed by atoms with van der Waals surface area (Å²) in [6, 6.07) is 8.22. The minimum absolute atomic E-state index is 0.0818. The molecular weight excluding hydrogens is 276 g/mol. The van der Waals surface area contributed by atoms with E-state index >= 15 is 0 Å². The topological polar surface area (TPSA) is 59.8 Å². The van der Waals surface area contributed by atoms with Gasteiger partial charge in [0.1, 0.15) is 12.2 Å². The molecule has 1 unspecified atom stereocenters. The van der Waals surface area contributed by atoms with E-state index in [1.54, 1.807) is 6.33 Å². The summed E-state index contributed by atoms with van der Waals surface area (Å²) in [6.07, 6.45) is 2.93. The summed E-state index contributed by atoms with van der Waals surface area (Å²) in [7, 11) is 0. The van der Waals surface area contributed by atoms with Crippen LogP contribution in [0, 0.1) is 6.92 Å². The van der Waals surface area contributed by atoms with Crippen molar-refractivity contribution < 1.29 is 4.79 Å². The first-order valence-electron chi connectivity index (χ1n) is 7.80. The molecule has 0 radical (unpaired) electrons. The van der Waals surface area contributed by atoms with Crippen molar-refractivity contribution in [1.82, 2.24) is 20.1 Å². The Morgan fingerprint density at radius 1 is 1.36 bits per heavy atom. The second kappa shape index (κ2) is 7.73. The molecule has 0 aliphatic carbocycles. The van der Waals surface area contributed by atoms with Crippen molar-refractivity contribution in [2.45, 2.75) is 46.1 Å². The standard InChI is InChI=1S/C17H24N4O/c1-4-21-12-19-20-16(21)9-10-18-17(22)11-14(3)15-8-6-5-7-13(15)2/h5-8,12,14H,4,9-11H2,1-3H3,(H,18,22). The quantitative estimate of drug-likeness (QED) is 0.854. The van der Waals surface area contributed by atoms with Gasteiger partial charge >= 0.3 is 0 Å². The van der Waals surface area contributed by atoms with Gasteiger partial charge in [-0.05, 0) is 30.9 Å². The predicted molar refractivity (Wildman–Crippen MR) is 86.6 cm³/mol. The minimum atomic E-state index is 0.0818. The Labute approximate surface area is 131 Å². The van der Waals surface area contributed by atoms with Crippen molar-refractivity contribution in [3.63, 3.8) is 0 Å². The van der Waals surface area contributed by atoms with Crippen LogP contribution in [0.15, 0.2) is 30.6 Å². The Balaban J connectivity index is 1.80. The number of hydrogen-bond acceptors (Lipinski definition) is 3. The molecule has 0 saturated heterocycles. The summed E-state index contributed by atoms with van der Waals surface area (Å²) in [5.41, 5.74) is 2.47. The first-order chi connectivity index (χ1) is 10.6. The smallest absolute Gasteiger partial charge is 0.220 e. The van der Waals surface area contributed by atoms with Gasteiger partial charge in [-0.15, -0.1) is 10.2 Å². The van der Waals surface area contributed by atoms with E-state index in [9.17, 15) is 4.79 Å². The maximum Gasteiger partial charge on any atom is 0.220 e. The highest BCUT2D eigenvalue weighted by Crippen LogP contribution is 2.22. The molecule has 118 valence electrons. The van der Waals surface area contributed by atoms with Gasteiger partial charge in [-0.3, -0.25) is 4.79 Å². The van der Waals surface area contributed by atoms with Crippen LogP contribution in [0.25, 0.3) is 0 Å². The Morgan fingerprint density at radius 3 is 2.86 bits per heavy atom. The number of aromatic nitrogens is 3. The second-order valence-corrected chi connectivity index (χ2v) is 5.59. The van der Waals surface area contributed by atoms with Crippen LogP contribution in [-0.2, 0) is 17.8 Å². The van der Waals surface area contributed by atoms with E-state index in [0.717, 1.165) is 12.4 Å². The summed E-state index contributed by atoms with van der Waals surface area (Å²) < 4.78 is 1.99. The zero-order valence-electron chi connectivity index (χ0n) is 13.5. The Bertz CT molecular complexity index is 621. The van der Waals surface area contributed by atoms with Gasteiger partial charge in [0, 0.05) is 25.9 Å². The fourth-order valence-corrected chi connectivity index (χ4v) is 2.65. The SMILES string of the molecule is CCn1cnnc1CCNC(=O)CC(C)c1ccccc1C. The van der Waals surface area contributed by atoms with E-state index in [1.165, 1.54) is 11.1 Å². The zero-order chi connectivity index (χ0) is 15.9. The van der Waals surface area contributed by atoms with E-state index in [1.807, 2.05) is 16.7 Å². The molecule has 0 fully saturated rings. The van der Waals surface area contributed by atoms with Crippen molar-refractivity contribution in [3.8, 4) is 0 Å². The van der Waals surface area contributed by atoms with Crippen LogP contribution in [-0.4, -0.2) is 27.2 Å². The Morgan fingerprint density at radius 2 is 2.14 bits per heavy atom. The number of aryl methyl sites for hydroxylation is 2. The molecule has 1 atom stereocenters. The lowest BCUT2D eigenvalue weighted by molar-refractivity contribution is -0.121. The summed E-state index contributed by atoms with van der Waals surface area (Å²) >= 11 is 0. The first kappa shape index (κ1) is 16.2. The van der Waals surface area contributed by atoms with Crippen molar-refractivity contribution >= 4 is 5.91 Å². The number of carbonyl (C=O) groups is 1. The van der Waals surface area contributed by atoms with E-state index < -0.39 is 0 Å². The molecule has 5 heteroatoms. The molecule has 1 aromatic carbocycles. The average Bonchev–Trinajstić information content (AvgIpc) is 2.95. The first-order valence-corrected chi connectivity index (χ1v) is 7.80. The van der Waals surface area contributed by atoms with E-state index in [0.29, 0.717) is 19.4 Å². The van der Waals surface area contributed by atoms with Gasteiger partial charge in [0.15, 0.2) is 0 Å². The number of rotatable bonds is 7. The molecule has 1 N–H and O–H groups in total. The monoisotopic (exact) mass is 300 g/mol. The lowest BCUT2D eigenvalue weighted by Crippen LogP contribution is -2.27. The highest BCUT2D eigenvalue weighted by atomic mass is 16.1. The molecule has 1 heterocycles. The maximum atomic E-state index is 12.1. The summed E-state index contributed by atoms with van der Waals surface area (Å²) in [6.45, 7) is 7.67. The van der Waals surface area contributed by atoms with Gasteiger partial charge in [0.25, 0.3) is 0 Å². The van der Waals surface area contributed by atoms with Gasteiger partial charge in [0.05, 0.1) is 0 Å². The predicted octanol–water partition coefficient (Wildman–Crippen LogP) is 2.46. The number of benzene rings is 1. The van der Waals surface area contributed by atoms with Crippen LogP contribution >= 0.6 is 0 Å². The highest BCUT2D eigenvalue weighted by molar-refractivity contribution is 5.76. The Hall–Kier alpha value is -2.17. The molecule has 1 aromatic heterocycles. The van der Waals surface area contributed by atoms with Crippen molar-refractivity contribution in [3.05, 3.63) is 47.5 Å². The molecule has 0 aliphatic rings. The van der Waals surface area contributed by atoms with Crippen LogP contribution in [0.4, 0.5) is 0 Å².